The van der Waals surface area contributed by atoms with Crippen LogP contribution < -0.4 is 15.0 Å². The zero-order valence-corrected chi connectivity index (χ0v) is 18.1. The standard InChI is InChI=1S/C26H24N4O3/c31-26(18-33-24-10-4-6-19-5-1-2-9-22(19)24)27-21-8-3-7-20(17-21)23-11-12-25(29-28-23)30-13-15-32-16-14-30/h1-12,17H,13-16,18H2,(H,27,31). The summed E-state index contributed by atoms with van der Waals surface area (Å²) >= 11 is 0. The molecule has 0 bridgehead atoms. The van der Waals surface area contributed by atoms with Crippen molar-refractivity contribution in [2.24, 2.45) is 0 Å². The summed E-state index contributed by atoms with van der Waals surface area (Å²) in [5.41, 5.74) is 2.30. The number of nitrogens with zero attached hydrogens (tertiary/aromatic N) is 3. The van der Waals surface area contributed by atoms with Crippen molar-refractivity contribution in [3.63, 3.8) is 0 Å². The largest absolute Gasteiger partial charge is 0.483 e. The molecule has 0 saturated carbocycles. The maximum Gasteiger partial charge on any atom is 0.262 e. The van der Waals surface area contributed by atoms with E-state index in [1.807, 2.05) is 78.9 Å². The fourth-order valence-electron chi connectivity index (χ4n) is 3.86. The van der Waals surface area contributed by atoms with Crippen LogP contribution in [0.25, 0.3) is 22.0 Å². The lowest BCUT2D eigenvalue weighted by molar-refractivity contribution is -0.118. The third kappa shape index (κ3) is 4.94. The van der Waals surface area contributed by atoms with E-state index in [9.17, 15) is 4.79 Å². The van der Waals surface area contributed by atoms with Gasteiger partial charge in [-0.1, -0.05) is 48.5 Å². The predicted molar refractivity (Wildman–Crippen MR) is 129 cm³/mol. The minimum Gasteiger partial charge on any atom is -0.483 e. The molecule has 0 radical (unpaired) electrons. The second-order valence-electron chi connectivity index (χ2n) is 7.77. The molecule has 1 N–H and O–H groups in total. The van der Waals surface area contributed by atoms with Crippen LogP contribution in [-0.4, -0.2) is 49.0 Å². The Bertz CT molecular complexity index is 1250. The van der Waals surface area contributed by atoms with Crippen molar-refractivity contribution < 1.29 is 14.3 Å². The molecule has 1 aromatic heterocycles. The van der Waals surface area contributed by atoms with Gasteiger partial charge in [0.2, 0.25) is 0 Å². The molecule has 2 heterocycles. The van der Waals surface area contributed by atoms with E-state index in [2.05, 4.69) is 20.4 Å². The first-order chi connectivity index (χ1) is 16.3. The molecule has 1 amide bonds. The van der Waals surface area contributed by atoms with Crippen LogP contribution in [0.1, 0.15) is 0 Å². The molecule has 5 rings (SSSR count). The van der Waals surface area contributed by atoms with E-state index >= 15 is 0 Å². The van der Waals surface area contributed by atoms with Crippen LogP contribution in [0.4, 0.5) is 11.5 Å². The fourth-order valence-corrected chi connectivity index (χ4v) is 3.86. The van der Waals surface area contributed by atoms with Crippen molar-refractivity contribution in [2.75, 3.05) is 43.1 Å². The monoisotopic (exact) mass is 440 g/mol. The van der Waals surface area contributed by atoms with E-state index in [0.717, 1.165) is 40.9 Å². The highest BCUT2D eigenvalue weighted by Crippen LogP contribution is 2.25. The van der Waals surface area contributed by atoms with Gasteiger partial charge >= 0.3 is 0 Å². The summed E-state index contributed by atoms with van der Waals surface area (Å²) in [6, 6.07) is 25.2. The molecule has 1 fully saturated rings. The number of amides is 1. The number of hydrogen-bond acceptors (Lipinski definition) is 6. The average Bonchev–Trinajstić information content (AvgIpc) is 2.88. The zero-order chi connectivity index (χ0) is 22.5. The van der Waals surface area contributed by atoms with E-state index in [1.165, 1.54) is 0 Å². The summed E-state index contributed by atoms with van der Waals surface area (Å²) in [6.07, 6.45) is 0. The van der Waals surface area contributed by atoms with Crippen LogP contribution in [0.3, 0.4) is 0 Å². The average molecular weight is 441 g/mol. The third-order valence-corrected chi connectivity index (χ3v) is 5.54. The smallest absolute Gasteiger partial charge is 0.262 e. The molecule has 7 heteroatoms. The molecule has 1 aliphatic heterocycles. The Labute approximate surface area is 192 Å². The Morgan fingerprint density at radius 1 is 0.939 bits per heavy atom. The third-order valence-electron chi connectivity index (χ3n) is 5.54. The number of hydrogen-bond donors (Lipinski definition) is 1. The summed E-state index contributed by atoms with van der Waals surface area (Å²) < 4.78 is 11.2. The molecule has 0 spiro atoms. The SMILES string of the molecule is O=C(COc1cccc2ccccc12)Nc1cccc(-c2ccc(N3CCOCC3)nn2)c1. The van der Waals surface area contributed by atoms with Gasteiger partial charge in [0.05, 0.1) is 18.9 Å². The Hall–Kier alpha value is -3.97. The van der Waals surface area contributed by atoms with Crippen LogP contribution in [0.2, 0.25) is 0 Å². The number of rotatable bonds is 6. The van der Waals surface area contributed by atoms with Gasteiger partial charge in [0.15, 0.2) is 12.4 Å². The second-order valence-corrected chi connectivity index (χ2v) is 7.77. The highest BCUT2D eigenvalue weighted by molar-refractivity contribution is 5.93. The summed E-state index contributed by atoms with van der Waals surface area (Å²) in [5.74, 6) is 1.30. The van der Waals surface area contributed by atoms with Crippen molar-refractivity contribution >= 4 is 28.2 Å². The molecule has 0 atom stereocenters. The summed E-state index contributed by atoms with van der Waals surface area (Å²) in [6.45, 7) is 2.96. The summed E-state index contributed by atoms with van der Waals surface area (Å²) in [4.78, 5) is 14.7. The first-order valence-corrected chi connectivity index (χ1v) is 10.9. The molecule has 1 aliphatic rings. The molecule has 1 saturated heterocycles. The number of carbonyl (C=O) groups is 1. The topological polar surface area (TPSA) is 76.6 Å². The minimum atomic E-state index is -0.228. The van der Waals surface area contributed by atoms with Crippen LogP contribution >= 0.6 is 0 Å². The van der Waals surface area contributed by atoms with E-state index in [4.69, 9.17) is 9.47 Å². The Balaban J connectivity index is 1.23. The van der Waals surface area contributed by atoms with Gasteiger partial charge < -0.3 is 19.7 Å². The van der Waals surface area contributed by atoms with Gasteiger partial charge in [-0.05, 0) is 35.7 Å². The molecule has 0 unspecified atom stereocenters. The van der Waals surface area contributed by atoms with Gasteiger partial charge in [0, 0.05) is 29.7 Å². The van der Waals surface area contributed by atoms with E-state index < -0.39 is 0 Å². The number of fused-ring (bicyclic) bond motifs is 1. The molecule has 7 nitrogen and oxygen atoms in total. The molecular weight excluding hydrogens is 416 g/mol. The lowest BCUT2D eigenvalue weighted by Gasteiger charge is -2.27. The molecule has 0 aliphatic carbocycles. The quantitative estimate of drug-likeness (QED) is 0.485. The van der Waals surface area contributed by atoms with Crippen molar-refractivity contribution in [3.05, 3.63) is 78.9 Å². The molecule has 33 heavy (non-hydrogen) atoms. The normalized spacial score (nSPS) is 13.6. The number of morpholine rings is 1. The number of aromatic nitrogens is 2. The van der Waals surface area contributed by atoms with E-state index in [-0.39, 0.29) is 12.5 Å². The van der Waals surface area contributed by atoms with Gasteiger partial charge in [0.25, 0.3) is 5.91 Å². The van der Waals surface area contributed by atoms with E-state index in [0.29, 0.717) is 24.7 Å². The van der Waals surface area contributed by atoms with Gasteiger partial charge in [0.1, 0.15) is 5.75 Å². The Morgan fingerprint density at radius 2 is 1.76 bits per heavy atom. The van der Waals surface area contributed by atoms with Crippen LogP contribution in [0.15, 0.2) is 78.9 Å². The fraction of sp³-hybridized carbons (Fsp3) is 0.192. The molecular formula is C26H24N4O3. The molecule has 3 aromatic carbocycles. The number of nitrogens with one attached hydrogen (secondary N) is 1. The van der Waals surface area contributed by atoms with Crippen LogP contribution in [0, 0.1) is 0 Å². The maximum atomic E-state index is 12.5. The van der Waals surface area contributed by atoms with Crippen LogP contribution in [0.5, 0.6) is 5.75 Å². The molecule has 4 aromatic rings. The molecule has 166 valence electrons. The number of carbonyl (C=O) groups excluding carboxylic acids is 1. The number of anilines is 2. The Morgan fingerprint density at radius 3 is 2.61 bits per heavy atom. The highest BCUT2D eigenvalue weighted by atomic mass is 16.5. The first-order valence-electron chi connectivity index (χ1n) is 10.9. The second kappa shape index (κ2) is 9.67. The maximum absolute atomic E-state index is 12.5. The minimum absolute atomic E-state index is 0.0771. The summed E-state index contributed by atoms with van der Waals surface area (Å²) in [5, 5.41) is 13.7. The number of ether oxygens (including phenoxy) is 2. The van der Waals surface area contributed by atoms with Crippen molar-refractivity contribution in [3.8, 4) is 17.0 Å². The van der Waals surface area contributed by atoms with Gasteiger partial charge in [-0.25, -0.2) is 0 Å². The van der Waals surface area contributed by atoms with Crippen LogP contribution in [-0.2, 0) is 9.53 Å². The van der Waals surface area contributed by atoms with Gasteiger partial charge in [-0.15, -0.1) is 10.2 Å². The zero-order valence-electron chi connectivity index (χ0n) is 18.1. The highest BCUT2D eigenvalue weighted by Gasteiger charge is 2.13. The van der Waals surface area contributed by atoms with E-state index in [1.54, 1.807) is 0 Å². The lowest BCUT2D eigenvalue weighted by atomic mass is 10.1. The van der Waals surface area contributed by atoms with Crippen molar-refractivity contribution in [1.29, 1.82) is 0 Å². The Kier molecular flexibility index (Phi) is 6.12. The van der Waals surface area contributed by atoms with Gasteiger partial charge in [-0.2, -0.15) is 0 Å². The lowest BCUT2D eigenvalue weighted by Crippen LogP contribution is -2.36. The number of benzene rings is 3. The predicted octanol–water partition coefficient (Wildman–Crippen LogP) is 4.15. The first kappa shape index (κ1) is 20.9. The van der Waals surface area contributed by atoms with Crippen molar-refractivity contribution in [2.45, 2.75) is 0 Å². The summed E-state index contributed by atoms with van der Waals surface area (Å²) in [7, 11) is 0. The van der Waals surface area contributed by atoms with Gasteiger partial charge in [-0.3, -0.25) is 4.79 Å². The van der Waals surface area contributed by atoms with Crippen molar-refractivity contribution in [1.82, 2.24) is 10.2 Å².